The highest BCUT2D eigenvalue weighted by molar-refractivity contribution is 5.97. The molecule has 6 heteroatoms. The first kappa shape index (κ1) is 17.9. The molecule has 0 aliphatic heterocycles. The van der Waals surface area contributed by atoms with Gasteiger partial charge in [-0.15, -0.1) is 0 Å². The molecule has 1 unspecified atom stereocenters. The molecule has 0 aliphatic carbocycles. The lowest BCUT2D eigenvalue weighted by atomic mass is 9.96. The average Bonchev–Trinajstić information content (AvgIpc) is 2.61. The molecule has 0 fully saturated rings. The van der Waals surface area contributed by atoms with Crippen molar-refractivity contribution in [2.45, 2.75) is 26.4 Å². The standard InChI is InChI=1S/C20H20FN3O2/c1-12-13(2)24-18-10-14(4-9-17(18)23-12)19(25)22-11-20(3,26)15-5-7-16(21)8-6-15/h4-10,26H,11H2,1-3H3,(H,22,25). The number of aliphatic hydroxyl groups is 1. The second kappa shape index (κ2) is 6.80. The number of rotatable bonds is 4. The van der Waals surface area contributed by atoms with E-state index in [9.17, 15) is 14.3 Å². The smallest absolute Gasteiger partial charge is 0.251 e. The molecule has 1 atom stereocenters. The molecule has 2 aromatic carbocycles. The van der Waals surface area contributed by atoms with Gasteiger partial charge in [0.15, 0.2) is 0 Å². The van der Waals surface area contributed by atoms with Crippen LogP contribution in [0.25, 0.3) is 11.0 Å². The van der Waals surface area contributed by atoms with Crippen LogP contribution in [0.1, 0.15) is 34.2 Å². The fraction of sp³-hybridized carbons (Fsp3) is 0.250. The highest BCUT2D eigenvalue weighted by Crippen LogP contribution is 2.20. The van der Waals surface area contributed by atoms with Crippen LogP contribution in [0.15, 0.2) is 42.5 Å². The van der Waals surface area contributed by atoms with Gasteiger partial charge in [-0.2, -0.15) is 0 Å². The fourth-order valence-electron chi connectivity index (χ4n) is 2.64. The molecule has 3 rings (SSSR count). The van der Waals surface area contributed by atoms with Gasteiger partial charge in [-0.1, -0.05) is 12.1 Å². The Morgan fingerprint density at radius 2 is 1.69 bits per heavy atom. The first-order chi connectivity index (χ1) is 12.3. The van der Waals surface area contributed by atoms with Crippen molar-refractivity contribution in [1.82, 2.24) is 15.3 Å². The predicted molar refractivity (Wildman–Crippen MR) is 97.3 cm³/mol. The molecule has 0 bridgehead atoms. The second-order valence-corrected chi connectivity index (χ2v) is 6.56. The van der Waals surface area contributed by atoms with E-state index < -0.39 is 5.60 Å². The highest BCUT2D eigenvalue weighted by Gasteiger charge is 2.24. The maximum Gasteiger partial charge on any atom is 0.251 e. The topological polar surface area (TPSA) is 75.1 Å². The summed E-state index contributed by atoms with van der Waals surface area (Å²) < 4.78 is 13.0. The summed E-state index contributed by atoms with van der Waals surface area (Å²) in [5, 5.41) is 13.3. The normalized spacial score (nSPS) is 13.4. The largest absolute Gasteiger partial charge is 0.384 e. The zero-order valence-electron chi connectivity index (χ0n) is 14.9. The molecule has 26 heavy (non-hydrogen) atoms. The van der Waals surface area contributed by atoms with Crippen LogP contribution in [0, 0.1) is 19.7 Å². The van der Waals surface area contributed by atoms with Gasteiger partial charge in [0.1, 0.15) is 11.4 Å². The maximum absolute atomic E-state index is 13.0. The van der Waals surface area contributed by atoms with Crippen LogP contribution in [-0.4, -0.2) is 27.5 Å². The molecule has 1 aromatic heterocycles. The van der Waals surface area contributed by atoms with E-state index in [4.69, 9.17) is 0 Å². The number of benzene rings is 2. The summed E-state index contributed by atoms with van der Waals surface area (Å²) in [7, 11) is 0. The number of halogens is 1. The zero-order valence-corrected chi connectivity index (χ0v) is 14.9. The molecule has 5 nitrogen and oxygen atoms in total. The molecule has 0 saturated heterocycles. The Morgan fingerprint density at radius 3 is 2.35 bits per heavy atom. The van der Waals surface area contributed by atoms with Gasteiger partial charge < -0.3 is 10.4 Å². The van der Waals surface area contributed by atoms with Crippen LogP contribution in [-0.2, 0) is 5.60 Å². The van der Waals surface area contributed by atoms with Crippen molar-refractivity contribution in [3.8, 4) is 0 Å². The van der Waals surface area contributed by atoms with Crippen molar-refractivity contribution in [3.63, 3.8) is 0 Å². The highest BCUT2D eigenvalue weighted by atomic mass is 19.1. The van der Waals surface area contributed by atoms with Gasteiger partial charge in [-0.05, 0) is 56.7 Å². The van der Waals surface area contributed by atoms with Gasteiger partial charge in [-0.3, -0.25) is 4.79 Å². The average molecular weight is 353 g/mol. The Labute approximate surface area is 150 Å². The lowest BCUT2D eigenvalue weighted by molar-refractivity contribution is 0.0526. The molecular weight excluding hydrogens is 333 g/mol. The Balaban J connectivity index is 1.76. The van der Waals surface area contributed by atoms with E-state index in [2.05, 4.69) is 15.3 Å². The molecule has 0 radical (unpaired) electrons. The van der Waals surface area contributed by atoms with Gasteiger partial charge in [0.25, 0.3) is 5.91 Å². The van der Waals surface area contributed by atoms with E-state index in [0.717, 1.165) is 16.9 Å². The summed E-state index contributed by atoms with van der Waals surface area (Å²) in [6, 6.07) is 10.7. The number of amides is 1. The van der Waals surface area contributed by atoms with Crippen LogP contribution in [0.2, 0.25) is 0 Å². The first-order valence-electron chi connectivity index (χ1n) is 8.28. The monoisotopic (exact) mass is 353 g/mol. The van der Waals surface area contributed by atoms with Crippen molar-refractivity contribution in [1.29, 1.82) is 0 Å². The number of nitrogens with one attached hydrogen (secondary N) is 1. The maximum atomic E-state index is 13.0. The fourth-order valence-corrected chi connectivity index (χ4v) is 2.64. The Morgan fingerprint density at radius 1 is 1.08 bits per heavy atom. The van der Waals surface area contributed by atoms with Crippen molar-refractivity contribution in [2.75, 3.05) is 6.54 Å². The number of nitrogens with zero attached hydrogens (tertiary/aromatic N) is 2. The molecule has 1 heterocycles. The van der Waals surface area contributed by atoms with Crippen molar-refractivity contribution >= 4 is 16.9 Å². The molecule has 1 amide bonds. The van der Waals surface area contributed by atoms with Crippen molar-refractivity contribution in [2.24, 2.45) is 0 Å². The Kier molecular flexibility index (Phi) is 4.70. The van der Waals surface area contributed by atoms with E-state index in [0.29, 0.717) is 16.6 Å². The number of carbonyl (C=O) groups excluding carboxylic acids is 1. The minimum absolute atomic E-state index is 0.00585. The molecule has 2 N–H and O–H groups in total. The van der Waals surface area contributed by atoms with Crippen LogP contribution in [0.3, 0.4) is 0 Å². The van der Waals surface area contributed by atoms with E-state index in [1.807, 2.05) is 13.8 Å². The summed E-state index contributed by atoms with van der Waals surface area (Å²) >= 11 is 0. The Bertz CT molecular complexity index is 969. The third-order valence-electron chi connectivity index (χ3n) is 4.40. The number of hydrogen-bond acceptors (Lipinski definition) is 4. The number of aromatic nitrogens is 2. The quantitative estimate of drug-likeness (QED) is 0.756. The first-order valence-corrected chi connectivity index (χ1v) is 8.28. The summed E-state index contributed by atoms with van der Waals surface area (Å²) in [5.41, 5.74) is 2.68. The van der Waals surface area contributed by atoms with Gasteiger partial charge in [0.2, 0.25) is 0 Å². The van der Waals surface area contributed by atoms with Crippen molar-refractivity contribution < 1.29 is 14.3 Å². The minimum atomic E-state index is -1.31. The third kappa shape index (κ3) is 3.70. The molecule has 134 valence electrons. The number of hydrogen-bond donors (Lipinski definition) is 2. The molecule has 3 aromatic rings. The third-order valence-corrected chi connectivity index (χ3v) is 4.40. The lowest BCUT2D eigenvalue weighted by Crippen LogP contribution is -2.38. The molecular formula is C20H20FN3O2. The SMILES string of the molecule is Cc1nc2ccc(C(=O)NCC(C)(O)c3ccc(F)cc3)cc2nc1C. The van der Waals surface area contributed by atoms with E-state index >= 15 is 0 Å². The van der Waals surface area contributed by atoms with E-state index in [1.54, 1.807) is 25.1 Å². The second-order valence-electron chi connectivity index (χ2n) is 6.56. The van der Waals surface area contributed by atoms with E-state index in [-0.39, 0.29) is 18.3 Å². The van der Waals surface area contributed by atoms with Crippen molar-refractivity contribution in [3.05, 3.63) is 70.8 Å². The molecule has 0 aliphatic rings. The van der Waals surface area contributed by atoms with E-state index in [1.165, 1.54) is 24.3 Å². The summed E-state index contributed by atoms with van der Waals surface area (Å²) in [4.78, 5) is 21.3. The van der Waals surface area contributed by atoms with Gasteiger partial charge in [0.05, 0.1) is 29.0 Å². The van der Waals surface area contributed by atoms with Gasteiger partial charge >= 0.3 is 0 Å². The lowest BCUT2D eigenvalue weighted by Gasteiger charge is -2.24. The zero-order chi connectivity index (χ0) is 18.9. The summed E-state index contributed by atoms with van der Waals surface area (Å²) in [6.07, 6.45) is 0. The number of aryl methyl sites for hydroxylation is 2. The van der Waals surface area contributed by atoms with Crippen LogP contribution < -0.4 is 5.32 Å². The minimum Gasteiger partial charge on any atom is -0.384 e. The van der Waals surface area contributed by atoms with Gasteiger partial charge in [0, 0.05) is 5.56 Å². The summed E-state index contributed by atoms with van der Waals surface area (Å²) in [6.45, 7) is 5.32. The van der Waals surface area contributed by atoms with Crippen LogP contribution >= 0.6 is 0 Å². The van der Waals surface area contributed by atoms with Gasteiger partial charge in [-0.25, -0.2) is 14.4 Å². The summed E-state index contributed by atoms with van der Waals surface area (Å²) in [5.74, 6) is -0.703. The number of fused-ring (bicyclic) bond motifs is 1. The van der Waals surface area contributed by atoms with Crippen LogP contribution in [0.4, 0.5) is 4.39 Å². The number of carbonyl (C=O) groups is 1. The molecule has 0 spiro atoms. The van der Waals surface area contributed by atoms with Crippen LogP contribution in [0.5, 0.6) is 0 Å². The predicted octanol–water partition coefficient (Wildman–Crippen LogP) is 3.02. The molecule has 0 saturated carbocycles. The Hall–Kier alpha value is -2.86.